The van der Waals surface area contributed by atoms with Gasteiger partial charge < -0.3 is 0 Å². The Morgan fingerprint density at radius 2 is 0.632 bits per heavy atom. The van der Waals surface area contributed by atoms with Crippen LogP contribution in [0.25, 0.3) is 158 Å². The zero-order valence-corrected chi connectivity index (χ0v) is 47.3. The molecule has 0 N–H and O–H groups in total. The SMILES string of the molecule is C=C1C(=NC)c2cccnc2-c2ccc3ccccc3c21.c1ccc2c(c1)ccc1c3ncccc3c3ccccc3c21.c1ccc2c(c1)ccc1c3ncccc3c3cccnc3c21.c1ccc2c(c1)ccc1c3ncccc3c3nccnc3c21. The smallest absolute Gasteiger partial charge is 0.0987 e. The molecular formula is C79H50N8. The Labute approximate surface area is 499 Å². The Balaban J connectivity index is 0.0000000938. The molecule has 1 aliphatic carbocycles. The molecule has 87 heavy (non-hydrogen) atoms. The van der Waals surface area contributed by atoms with Gasteiger partial charge in [0.15, 0.2) is 0 Å². The summed E-state index contributed by atoms with van der Waals surface area (Å²) in [6.45, 7) is 4.30. The average molecular weight is 1110 g/mol. The van der Waals surface area contributed by atoms with E-state index in [1.54, 1.807) is 12.4 Å². The maximum Gasteiger partial charge on any atom is 0.0987 e. The average Bonchev–Trinajstić information content (AvgIpc) is 1.34. The highest BCUT2D eigenvalue weighted by molar-refractivity contribution is 6.38. The molecule has 0 saturated heterocycles. The Bertz CT molecular complexity index is 5310. The lowest BCUT2D eigenvalue weighted by atomic mass is 9.81. The van der Waals surface area contributed by atoms with Crippen molar-refractivity contribution in [2.24, 2.45) is 4.99 Å². The van der Waals surface area contributed by atoms with Gasteiger partial charge in [-0.05, 0) is 102 Å². The Kier molecular flexibility index (Phi) is 12.4. The number of hydrogen-bond donors (Lipinski definition) is 0. The molecule has 0 unspecified atom stereocenters. The van der Waals surface area contributed by atoms with Crippen molar-refractivity contribution in [2.45, 2.75) is 0 Å². The maximum atomic E-state index is 4.68. The lowest BCUT2D eigenvalue weighted by Crippen LogP contribution is -2.13. The van der Waals surface area contributed by atoms with Crippen LogP contribution in [0.3, 0.4) is 0 Å². The van der Waals surface area contributed by atoms with Gasteiger partial charge in [0, 0.05) is 121 Å². The topological polar surface area (TPSA) is 103 Å². The summed E-state index contributed by atoms with van der Waals surface area (Å²) in [5, 5.41) is 24.2. The minimum Gasteiger partial charge on any atom is -0.287 e. The fourth-order valence-corrected chi connectivity index (χ4v) is 13.3. The predicted octanol–water partition coefficient (Wildman–Crippen LogP) is 19.6. The summed E-state index contributed by atoms with van der Waals surface area (Å²) in [5.41, 5.74) is 12.3. The largest absolute Gasteiger partial charge is 0.287 e. The van der Waals surface area contributed by atoms with Crippen molar-refractivity contribution in [1.82, 2.24) is 34.9 Å². The van der Waals surface area contributed by atoms with Gasteiger partial charge in [-0.1, -0.05) is 195 Å². The van der Waals surface area contributed by atoms with Crippen LogP contribution in [0.5, 0.6) is 0 Å². The van der Waals surface area contributed by atoms with Gasteiger partial charge in [-0.3, -0.25) is 39.9 Å². The van der Waals surface area contributed by atoms with Crippen molar-refractivity contribution >= 4 is 152 Å². The Morgan fingerprint density at radius 1 is 0.253 bits per heavy atom. The molecule has 0 fully saturated rings. The van der Waals surface area contributed by atoms with E-state index in [2.05, 4.69) is 247 Å². The normalized spacial score (nSPS) is 12.5. The zero-order chi connectivity index (χ0) is 58.0. The van der Waals surface area contributed by atoms with Crippen molar-refractivity contribution in [2.75, 3.05) is 7.05 Å². The van der Waals surface area contributed by atoms with E-state index in [0.29, 0.717) is 0 Å². The molecule has 8 nitrogen and oxygen atoms in total. The molecule has 18 aromatic rings. The summed E-state index contributed by atoms with van der Waals surface area (Å²) in [7, 11) is 1.81. The molecule has 1 aliphatic rings. The van der Waals surface area contributed by atoms with Crippen LogP contribution in [0, 0.1) is 0 Å². The highest BCUT2D eigenvalue weighted by Gasteiger charge is 2.26. The van der Waals surface area contributed by atoms with Crippen LogP contribution in [0.15, 0.2) is 285 Å². The summed E-state index contributed by atoms with van der Waals surface area (Å²) in [4.78, 5) is 36.8. The molecule has 0 atom stereocenters. The molecule has 0 amide bonds. The van der Waals surface area contributed by atoms with Gasteiger partial charge in [0.05, 0.1) is 44.5 Å². The minimum absolute atomic E-state index is 0.912. The second kappa shape index (κ2) is 21.2. The number of aliphatic imine (C=N–C) groups is 1. The number of benzene rings is 12. The summed E-state index contributed by atoms with van der Waals surface area (Å²) < 4.78 is 0. The van der Waals surface area contributed by atoms with Crippen LogP contribution in [-0.2, 0) is 0 Å². The van der Waals surface area contributed by atoms with Crippen LogP contribution >= 0.6 is 0 Å². The first-order chi connectivity index (χ1) is 43.1. The Morgan fingerprint density at radius 3 is 1.22 bits per heavy atom. The minimum atomic E-state index is 0.912. The van der Waals surface area contributed by atoms with E-state index in [0.717, 1.165) is 93.7 Å². The molecule has 12 aromatic carbocycles. The number of pyridine rings is 5. The van der Waals surface area contributed by atoms with Crippen molar-refractivity contribution in [1.29, 1.82) is 0 Å². The van der Waals surface area contributed by atoms with Gasteiger partial charge in [0.2, 0.25) is 0 Å². The van der Waals surface area contributed by atoms with Crippen molar-refractivity contribution in [3.05, 3.63) is 292 Å². The van der Waals surface area contributed by atoms with E-state index in [1.807, 2.05) is 68.4 Å². The van der Waals surface area contributed by atoms with Gasteiger partial charge in [-0.25, -0.2) is 0 Å². The van der Waals surface area contributed by atoms with Gasteiger partial charge in [-0.2, -0.15) is 0 Å². The fourth-order valence-electron chi connectivity index (χ4n) is 13.3. The number of hydrogen-bond acceptors (Lipinski definition) is 8. The van der Waals surface area contributed by atoms with E-state index < -0.39 is 0 Å². The van der Waals surface area contributed by atoms with E-state index >= 15 is 0 Å². The standard InChI is InChI=1S/C21H13N.C20H12N2.C19H11N3.C19H14N2/c1-2-7-15-14(6-1)11-12-19-20(15)17-9-4-3-8-16(17)18-10-5-13-22-21(18)19;1-2-6-14-13(5-1)9-10-17-18(14)20-16(8-4-12-22-20)15-7-3-11-21-19(15)17;1-2-5-13-12(4-1)7-8-14-16(13)19-18(21-10-11-22-19)15-6-3-9-20-17(14)15;1-12-17-14-7-4-3-6-13(14)9-10-15(17)19-16(18(12)20-2)8-5-11-21-19/h1-13H;1-12H;1-11H;3-11H,1H2,2H3. The van der Waals surface area contributed by atoms with Gasteiger partial charge in [-0.15, -0.1) is 0 Å². The molecular weight excluding hydrogens is 1060 g/mol. The van der Waals surface area contributed by atoms with E-state index in [4.69, 9.17) is 0 Å². The Hall–Kier alpha value is -11.7. The third-order valence-electron chi connectivity index (χ3n) is 17.0. The molecule has 0 spiro atoms. The highest BCUT2D eigenvalue weighted by Crippen LogP contribution is 2.43. The molecule has 6 aromatic heterocycles. The summed E-state index contributed by atoms with van der Waals surface area (Å²) in [6.07, 6.45) is 12.8. The quantitative estimate of drug-likeness (QED) is 0.139. The van der Waals surface area contributed by atoms with E-state index in [-0.39, 0.29) is 0 Å². The van der Waals surface area contributed by atoms with E-state index in [9.17, 15) is 0 Å². The van der Waals surface area contributed by atoms with E-state index in [1.165, 1.54) is 80.8 Å². The molecule has 6 heterocycles. The zero-order valence-electron chi connectivity index (χ0n) is 47.3. The first-order valence-corrected chi connectivity index (χ1v) is 29.0. The van der Waals surface area contributed by atoms with Crippen molar-refractivity contribution in [3.63, 3.8) is 0 Å². The molecule has 8 heteroatoms. The second-order valence-corrected chi connectivity index (χ2v) is 21.7. The maximum absolute atomic E-state index is 4.68. The first kappa shape index (κ1) is 50.9. The van der Waals surface area contributed by atoms with Crippen LogP contribution in [0.2, 0.25) is 0 Å². The third kappa shape index (κ3) is 8.37. The third-order valence-corrected chi connectivity index (χ3v) is 17.0. The number of rotatable bonds is 0. The monoisotopic (exact) mass is 1110 g/mol. The van der Waals surface area contributed by atoms with Crippen LogP contribution in [0.1, 0.15) is 11.1 Å². The molecule has 0 bridgehead atoms. The fraction of sp³-hybridized carbons (Fsp3) is 0.0127. The molecule has 0 radical (unpaired) electrons. The second-order valence-electron chi connectivity index (χ2n) is 21.7. The molecule has 0 aliphatic heterocycles. The summed E-state index contributed by atoms with van der Waals surface area (Å²) in [5.74, 6) is 0. The predicted molar refractivity (Wildman–Crippen MR) is 365 cm³/mol. The summed E-state index contributed by atoms with van der Waals surface area (Å²) in [6, 6.07) is 80.2. The van der Waals surface area contributed by atoms with Crippen LogP contribution < -0.4 is 0 Å². The van der Waals surface area contributed by atoms with Crippen LogP contribution in [0.4, 0.5) is 0 Å². The van der Waals surface area contributed by atoms with Crippen LogP contribution in [-0.4, -0.2) is 47.6 Å². The lowest BCUT2D eigenvalue weighted by Gasteiger charge is -2.24. The lowest BCUT2D eigenvalue weighted by molar-refractivity contribution is 1.30. The number of allylic oxidation sites excluding steroid dienone is 1. The number of fused-ring (bicyclic) bond motifs is 29. The number of nitrogens with zero attached hydrogens (tertiary/aromatic N) is 8. The highest BCUT2D eigenvalue weighted by atomic mass is 14.8. The van der Waals surface area contributed by atoms with Gasteiger partial charge in [0.1, 0.15) is 0 Å². The van der Waals surface area contributed by atoms with Crippen molar-refractivity contribution in [3.8, 4) is 11.3 Å². The van der Waals surface area contributed by atoms with Crippen molar-refractivity contribution < 1.29 is 0 Å². The molecule has 19 rings (SSSR count). The van der Waals surface area contributed by atoms with Gasteiger partial charge in [0.25, 0.3) is 0 Å². The first-order valence-electron chi connectivity index (χ1n) is 29.0. The number of aromatic nitrogens is 7. The molecule has 0 saturated carbocycles. The van der Waals surface area contributed by atoms with Gasteiger partial charge >= 0.3 is 0 Å². The summed E-state index contributed by atoms with van der Waals surface area (Å²) >= 11 is 0. The molecule has 406 valence electrons.